The Morgan fingerprint density at radius 2 is 2.00 bits per heavy atom. The highest BCUT2D eigenvalue weighted by Gasteiger charge is 2.20. The van der Waals surface area contributed by atoms with E-state index in [1.165, 1.54) is 0 Å². The Labute approximate surface area is 174 Å². The Hall–Kier alpha value is -3.12. The third-order valence-corrected chi connectivity index (χ3v) is 5.11. The molecule has 1 aromatic heterocycles. The van der Waals surface area contributed by atoms with E-state index in [0.717, 1.165) is 16.9 Å². The predicted molar refractivity (Wildman–Crippen MR) is 118 cm³/mol. The van der Waals surface area contributed by atoms with Crippen LogP contribution in [0.4, 0.5) is 0 Å². The second kappa shape index (κ2) is 7.72. The molecule has 1 unspecified atom stereocenters. The van der Waals surface area contributed by atoms with Gasteiger partial charge in [0.15, 0.2) is 0 Å². The van der Waals surface area contributed by atoms with Gasteiger partial charge in [-0.2, -0.15) is 0 Å². The van der Waals surface area contributed by atoms with E-state index in [4.69, 9.17) is 16.6 Å². The third-order valence-electron chi connectivity index (χ3n) is 4.80. The number of aliphatic imine (C=N–C) groups is 1. The van der Waals surface area contributed by atoms with Crippen molar-refractivity contribution in [2.75, 3.05) is 13.7 Å². The van der Waals surface area contributed by atoms with Crippen LogP contribution < -0.4 is 10.9 Å². The predicted octanol–water partition coefficient (Wildman–Crippen LogP) is 3.81. The van der Waals surface area contributed by atoms with Crippen molar-refractivity contribution in [1.29, 1.82) is 0 Å². The molecule has 0 spiro atoms. The molecule has 0 radical (unpaired) electrons. The second-order valence-corrected chi connectivity index (χ2v) is 7.65. The molecule has 0 bridgehead atoms. The van der Waals surface area contributed by atoms with Crippen molar-refractivity contribution in [3.05, 3.63) is 81.1 Å². The fraction of sp³-hybridized carbons (Fsp3) is 0.227. The number of nitrogens with one attached hydrogen (secondary N) is 1. The zero-order valence-corrected chi connectivity index (χ0v) is 17.3. The summed E-state index contributed by atoms with van der Waals surface area (Å²) in [7, 11) is 1.96. The van der Waals surface area contributed by atoms with Gasteiger partial charge < -0.3 is 10.2 Å². The Morgan fingerprint density at radius 3 is 2.76 bits per heavy atom. The molecule has 0 saturated heterocycles. The van der Waals surface area contributed by atoms with Gasteiger partial charge in [0.1, 0.15) is 12.5 Å². The van der Waals surface area contributed by atoms with Crippen molar-refractivity contribution in [2.24, 2.45) is 4.99 Å². The lowest BCUT2D eigenvalue weighted by molar-refractivity contribution is 0.457. The zero-order valence-electron chi connectivity index (χ0n) is 16.6. The molecule has 4 rings (SSSR count). The molecule has 2 aromatic carbocycles. The van der Waals surface area contributed by atoms with Crippen molar-refractivity contribution >= 4 is 28.7 Å². The number of fused-ring (bicyclic) bond motifs is 1. The lowest BCUT2D eigenvalue weighted by Gasteiger charge is -2.23. The maximum atomic E-state index is 13.5. The maximum absolute atomic E-state index is 13.5. The van der Waals surface area contributed by atoms with Gasteiger partial charge in [-0.3, -0.25) is 14.4 Å². The molecule has 1 aliphatic rings. The minimum atomic E-state index is -0.240. The summed E-state index contributed by atoms with van der Waals surface area (Å²) < 4.78 is 1.64. The number of hydrogen-bond acceptors (Lipinski definition) is 5. The first-order valence-corrected chi connectivity index (χ1v) is 9.78. The summed E-state index contributed by atoms with van der Waals surface area (Å²) in [6, 6.07) is 12.9. The molecule has 0 fully saturated rings. The van der Waals surface area contributed by atoms with Gasteiger partial charge in [-0.1, -0.05) is 29.8 Å². The molecule has 1 atom stereocenters. The van der Waals surface area contributed by atoms with Crippen LogP contribution in [0.25, 0.3) is 16.6 Å². The van der Waals surface area contributed by atoms with Gasteiger partial charge >= 0.3 is 0 Å². The lowest BCUT2D eigenvalue weighted by atomic mass is 10.1. The van der Waals surface area contributed by atoms with E-state index in [0.29, 0.717) is 28.4 Å². The molecule has 6 nitrogen and oxygen atoms in total. The van der Waals surface area contributed by atoms with Crippen LogP contribution in [0.5, 0.6) is 0 Å². The van der Waals surface area contributed by atoms with Crippen LogP contribution in [0.2, 0.25) is 5.02 Å². The Bertz CT molecular complexity index is 1200. The fourth-order valence-corrected chi connectivity index (χ4v) is 3.73. The van der Waals surface area contributed by atoms with Crippen LogP contribution >= 0.6 is 11.6 Å². The van der Waals surface area contributed by atoms with Crippen molar-refractivity contribution in [3.8, 4) is 5.69 Å². The van der Waals surface area contributed by atoms with Crippen LogP contribution in [-0.2, 0) is 0 Å². The highest BCUT2D eigenvalue weighted by atomic mass is 35.5. The molecular formula is C22H22ClN5O. The first-order valence-electron chi connectivity index (χ1n) is 9.40. The van der Waals surface area contributed by atoms with E-state index in [1.54, 1.807) is 22.9 Å². The van der Waals surface area contributed by atoms with E-state index in [-0.39, 0.29) is 11.6 Å². The second-order valence-electron chi connectivity index (χ2n) is 7.24. The number of rotatable bonds is 4. The van der Waals surface area contributed by atoms with Crippen LogP contribution in [0.1, 0.15) is 24.4 Å². The van der Waals surface area contributed by atoms with Gasteiger partial charge in [-0.05, 0) is 43.7 Å². The van der Waals surface area contributed by atoms with Crippen molar-refractivity contribution < 1.29 is 0 Å². The van der Waals surface area contributed by atoms with Crippen LogP contribution in [0, 0.1) is 6.92 Å². The molecule has 148 valence electrons. The van der Waals surface area contributed by atoms with E-state index in [1.807, 2.05) is 62.3 Å². The number of benzene rings is 2. The molecule has 1 N–H and O–H groups in total. The van der Waals surface area contributed by atoms with Crippen LogP contribution in [0.3, 0.4) is 0 Å². The SMILES string of the molecule is Cc1cccc(-n2c(C(C)NC3=CN(C)CN=C3)nc3cccc(Cl)c3c2=O)c1. The molecule has 0 aliphatic carbocycles. The molecular weight excluding hydrogens is 386 g/mol. The van der Waals surface area contributed by atoms with Gasteiger partial charge in [0, 0.05) is 19.5 Å². The number of allylic oxidation sites excluding steroid dienone is 1. The summed E-state index contributed by atoms with van der Waals surface area (Å²) in [5.41, 5.74) is 3.08. The molecule has 7 heteroatoms. The number of hydrogen-bond donors (Lipinski definition) is 1. The highest BCUT2D eigenvalue weighted by molar-refractivity contribution is 6.35. The van der Waals surface area contributed by atoms with Gasteiger partial charge in [-0.15, -0.1) is 0 Å². The number of aryl methyl sites for hydroxylation is 1. The van der Waals surface area contributed by atoms with Crippen molar-refractivity contribution in [3.63, 3.8) is 0 Å². The summed E-state index contributed by atoms with van der Waals surface area (Å²) in [6.45, 7) is 4.60. The minimum absolute atomic E-state index is 0.182. The maximum Gasteiger partial charge on any atom is 0.267 e. The summed E-state index contributed by atoms with van der Waals surface area (Å²) in [6.07, 6.45) is 3.78. The average Bonchev–Trinajstić information content (AvgIpc) is 2.67. The summed E-state index contributed by atoms with van der Waals surface area (Å²) in [5, 5.41) is 4.23. The number of halogens is 1. The first kappa shape index (κ1) is 19.2. The van der Waals surface area contributed by atoms with E-state index < -0.39 is 0 Å². The molecule has 2 heterocycles. The van der Waals surface area contributed by atoms with Gasteiger partial charge in [0.2, 0.25) is 0 Å². The van der Waals surface area contributed by atoms with Gasteiger partial charge in [0.25, 0.3) is 5.56 Å². The number of nitrogens with zero attached hydrogens (tertiary/aromatic N) is 4. The Morgan fingerprint density at radius 1 is 1.21 bits per heavy atom. The summed E-state index contributed by atoms with van der Waals surface area (Å²) in [5.74, 6) is 0.609. The highest BCUT2D eigenvalue weighted by Crippen LogP contribution is 2.23. The fourth-order valence-electron chi connectivity index (χ4n) is 3.48. The van der Waals surface area contributed by atoms with Crippen LogP contribution in [-0.4, -0.2) is 34.4 Å². The van der Waals surface area contributed by atoms with Crippen molar-refractivity contribution in [2.45, 2.75) is 19.9 Å². The van der Waals surface area contributed by atoms with Gasteiger partial charge in [0.05, 0.1) is 33.4 Å². The molecule has 3 aromatic rings. The smallest absolute Gasteiger partial charge is 0.267 e. The third kappa shape index (κ3) is 3.76. The topological polar surface area (TPSA) is 62.5 Å². The number of aromatic nitrogens is 2. The Balaban J connectivity index is 1.91. The average molecular weight is 408 g/mol. The largest absolute Gasteiger partial charge is 0.373 e. The van der Waals surface area contributed by atoms with Crippen molar-refractivity contribution in [1.82, 2.24) is 19.8 Å². The molecule has 29 heavy (non-hydrogen) atoms. The van der Waals surface area contributed by atoms with Gasteiger partial charge in [-0.25, -0.2) is 4.98 Å². The summed E-state index contributed by atoms with van der Waals surface area (Å²) >= 11 is 6.36. The molecule has 1 aliphatic heterocycles. The molecule has 0 amide bonds. The normalized spacial score (nSPS) is 14.8. The lowest BCUT2D eigenvalue weighted by Crippen LogP contribution is -2.31. The zero-order chi connectivity index (χ0) is 20.5. The molecule has 0 saturated carbocycles. The Kier molecular flexibility index (Phi) is 5.11. The van der Waals surface area contributed by atoms with E-state index >= 15 is 0 Å². The van der Waals surface area contributed by atoms with Crippen LogP contribution in [0.15, 0.2) is 64.1 Å². The standard InChI is InChI=1S/C22H22ClN5O/c1-14-6-4-7-17(10-14)28-21(15(2)25-16-11-24-13-27(3)12-16)26-19-9-5-8-18(23)20(19)22(28)29/h4-12,15,25H,13H2,1-3H3. The first-order chi connectivity index (χ1) is 13.9. The minimum Gasteiger partial charge on any atom is -0.373 e. The van der Waals surface area contributed by atoms with E-state index in [9.17, 15) is 4.79 Å². The quantitative estimate of drug-likeness (QED) is 0.714. The van der Waals surface area contributed by atoms with E-state index in [2.05, 4.69) is 10.3 Å². The monoisotopic (exact) mass is 407 g/mol. The summed E-state index contributed by atoms with van der Waals surface area (Å²) in [4.78, 5) is 24.6.